The number of hydrogen-bond donors (Lipinski definition) is 1. The quantitative estimate of drug-likeness (QED) is 0.567. The first-order chi connectivity index (χ1) is 14.1. The third-order valence-electron chi connectivity index (χ3n) is 4.71. The summed E-state index contributed by atoms with van der Waals surface area (Å²) in [5.41, 5.74) is 2.43. The molecular weight excluding hydrogens is 380 g/mol. The van der Waals surface area contributed by atoms with E-state index in [0.717, 1.165) is 11.3 Å². The second kappa shape index (κ2) is 8.37. The predicted octanol–water partition coefficient (Wildman–Crippen LogP) is 5.76. The molecule has 1 heterocycles. The number of hydrogen-bond acceptors (Lipinski definition) is 4. The van der Waals surface area contributed by atoms with Gasteiger partial charge in [0, 0.05) is 5.56 Å². The van der Waals surface area contributed by atoms with Crippen LogP contribution in [0.1, 0.15) is 24.1 Å². The molecule has 0 spiro atoms. The maximum Gasteiger partial charge on any atom is 0.267 e. The third kappa shape index (κ3) is 4.10. The number of carbonyl (C=O) groups is 1. The second-order valence-electron chi connectivity index (χ2n) is 6.66. The smallest absolute Gasteiger partial charge is 0.267 e. The Morgan fingerprint density at radius 2 is 1.55 bits per heavy atom. The van der Waals surface area contributed by atoms with Crippen molar-refractivity contribution < 1.29 is 9.90 Å². The Kier molecular flexibility index (Phi) is 5.49. The zero-order valence-electron chi connectivity index (χ0n) is 15.9. The first-order valence-corrected chi connectivity index (χ1v) is 10.1. The van der Waals surface area contributed by atoms with Gasteiger partial charge in [-0.05, 0) is 48.5 Å². The first-order valence-electron chi connectivity index (χ1n) is 9.33. The van der Waals surface area contributed by atoms with Crippen LogP contribution in [0.15, 0.2) is 94.8 Å². The van der Waals surface area contributed by atoms with E-state index < -0.39 is 0 Å². The fourth-order valence-electron chi connectivity index (χ4n) is 3.15. The molecule has 0 aliphatic carbocycles. The lowest BCUT2D eigenvalue weighted by molar-refractivity contribution is -0.123. The molecule has 1 atom stereocenters. The van der Waals surface area contributed by atoms with Crippen LogP contribution in [0.3, 0.4) is 0 Å². The van der Waals surface area contributed by atoms with Crippen molar-refractivity contribution >= 4 is 34.6 Å². The molecular formula is C24H20N2O2S. The maximum atomic E-state index is 13.3. The normalized spacial score (nSPS) is 17.8. The number of aliphatic imine (C=N–C) groups is 1. The molecule has 4 rings (SSSR count). The van der Waals surface area contributed by atoms with Crippen LogP contribution >= 0.6 is 11.8 Å². The Morgan fingerprint density at radius 1 is 0.931 bits per heavy atom. The number of para-hydroxylation sites is 2. The summed E-state index contributed by atoms with van der Waals surface area (Å²) in [4.78, 5) is 20.3. The summed E-state index contributed by atoms with van der Waals surface area (Å²) in [6.45, 7) is 2.00. The fraction of sp³-hybridized carbons (Fsp3) is 0.0833. The summed E-state index contributed by atoms with van der Waals surface area (Å²) in [6.07, 6.45) is 1.72. The van der Waals surface area contributed by atoms with E-state index in [1.807, 2.05) is 73.7 Å². The van der Waals surface area contributed by atoms with Crippen LogP contribution in [0.25, 0.3) is 6.08 Å². The van der Waals surface area contributed by atoms with E-state index in [0.29, 0.717) is 15.6 Å². The Bertz CT molecular complexity index is 1080. The molecule has 0 unspecified atom stereocenters. The highest BCUT2D eigenvalue weighted by molar-refractivity contribution is 8.18. The molecule has 29 heavy (non-hydrogen) atoms. The number of nitrogens with zero attached hydrogens (tertiary/aromatic N) is 2. The molecule has 0 bridgehead atoms. The van der Waals surface area contributed by atoms with Crippen LogP contribution in [0.2, 0.25) is 0 Å². The lowest BCUT2D eigenvalue weighted by Gasteiger charge is -2.24. The van der Waals surface area contributed by atoms with Crippen LogP contribution in [0, 0.1) is 0 Å². The molecule has 1 N–H and O–H groups in total. The predicted molar refractivity (Wildman–Crippen MR) is 119 cm³/mol. The standard InChI is InChI=1S/C24H20N2O2S/c1-17(18-10-4-2-5-11-18)26-23(28)22(16-19-12-8-9-15-21(19)27)29-24(26)25-20-13-6-3-7-14-20/h2-17,27H,1H3/b22-16+,25-24?/t17-/m1/s1. The summed E-state index contributed by atoms with van der Waals surface area (Å²) in [5.74, 6) is 0.0220. The van der Waals surface area contributed by atoms with Crippen molar-refractivity contribution in [1.82, 2.24) is 4.90 Å². The van der Waals surface area contributed by atoms with Gasteiger partial charge in [-0.1, -0.05) is 66.7 Å². The summed E-state index contributed by atoms with van der Waals surface area (Å²) in [6, 6.07) is 26.3. The highest BCUT2D eigenvalue weighted by Crippen LogP contribution is 2.39. The van der Waals surface area contributed by atoms with Gasteiger partial charge < -0.3 is 5.11 Å². The number of amides is 1. The Labute approximate surface area is 174 Å². The van der Waals surface area contributed by atoms with E-state index in [1.165, 1.54) is 11.8 Å². The van der Waals surface area contributed by atoms with Gasteiger partial charge in [0.1, 0.15) is 5.75 Å². The number of rotatable bonds is 4. The summed E-state index contributed by atoms with van der Waals surface area (Å²) < 4.78 is 0. The number of benzene rings is 3. The molecule has 0 radical (unpaired) electrons. The van der Waals surface area contributed by atoms with Gasteiger partial charge in [0.05, 0.1) is 16.6 Å². The number of phenolic OH excluding ortho intramolecular Hbond substituents is 1. The molecule has 1 aliphatic heterocycles. The molecule has 3 aromatic carbocycles. The third-order valence-corrected chi connectivity index (χ3v) is 5.69. The molecule has 5 heteroatoms. The summed E-state index contributed by atoms with van der Waals surface area (Å²) >= 11 is 1.32. The highest BCUT2D eigenvalue weighted by Gasteiger charge is 2.37. The minimum absolute atomic E-state index is 0.121. The van der Waals surface area contributed by atoms with E-state index >= 15 is 0 Å². The van der Waals surface area contributed by atoms with Crippen molar-refractivity contribution in [3.63, 3.8) is 0 Å². The summed E-state index contributed by atoms with van der Waals surface area (Å²) in [7, 11) is 0. The minimum atomic E-state index is -0.172. The van der Waals surface area contributed by atoms with Gasteiger partial charge in [-0.2, -0.15) is 0 Å². The van der Waals surface area contributed by atoms with Crippen molar-refractivity contribution in [2.24, 2.45) is 4.99 Å². The first kappa shape index (κ1) is 19.0. The lowest BCUT2D eigenvalue weighted by Crippen LogP contribution is -2.32. The number of aromatic hydroxyl groups is 1. The van der Waals surface area contributed by atoms with Gasteiger partial charge >= 0.3 is 0 Å². The molecule has 144 valence electrons. The number of amidine groups is 1. The van der Waals surface area contributed by atoms with E-state index in [4.69, 9.17) is 4.99 Å². The maximum absolute atomic E-state index is 13.3. The molecule has 3 aromatic rings. The number of carbonyl (C=O) groups excluding carboxylic acids is 1. The van der Waals surface area contributed by atoms with Gasteiger partial charge in [-0.25, -0.2) is 4.99 Å². The Morgan fingerprint density at radius 3 is 2.24 bits per heavy atom. The Hall–Kier alpha value is -3.31. The van der Waals surface area contributed by atoms with E-state index in [9.17, 15) is 9.90 Å². The molecule has 1 amide bonds. The average Bonchev–Trinajstić information content (AvgIpc) is 3.05. The van der Waals surface area contributed by atoms with Crippen molar-refractivity contribution in [2.75, 3.05) is 0 Å². The van der Waals surface area contributed by atoms with Gasteiger partial charge in [0.15, 0.2) is 5.17 Å². The van der Waals surface area contributed by atoms with Gasteiger partial charge in [-0.3, -0.25) is 9.69 Å². The van der Waals surface area contributed by atoms with Crippen LogP contribution in [-0.2, 0) is 4.79 Å². The van der Waals surface area contributed by atoms with Crippen LogP contribution in [-0.4, -0.2) is 21.1 Å². The van der Waals surface area contributed by atoms with Gasteiger partial charge in [0.2, 0.25) is 0 Å². The molecule has 1 saturated heterocycles. The Balaban J connectivity index is 1.76. The van der Waals surface area contributed by atoms with Crippen LogP contribution < -0.4 is 0 Å². The molecule has 0 saturated carbocycles. The summed E-state index contributed by atoms with van der Waals surface area (Å²) in [5, 5.41) is 10.7. The highest BCUT2D eigenvalue weighted by atomic mass is 32.2. The lowest BCUT2D eigenvalue weighted by atomic mass is 10.1. The zero-order valence-corrected chi connectivity index (χ0v) is 16.7. The molecule has 4 nitrogen and oxygen atoms in total. The largest absolute Gasteiger partial charge is 0.507 e. The number of phenols is 1. The van der Waals surface area contributed by atoms with E-state index in [1.54, 1.807) is 29.2 Å². The monoisotopic (exact) mass is 400 g/mol. The molecule has 1 fully saturated rings. The van der Waals surface area contributed by atoms with E-state index in [-0.39, 0.29) is 17.7 Å². The molecule has 1 aliphatic rings. The van der Waals surface area contributed by atoms with Crippen molar-refractivity contribution in [3.8, 4) is 5.75 Å². The zero-order chi connectivity index (χ0) is 20.2. The average molecular weight is 401 g/mol. The van der Waals surface area contributed by atoms with Gasteiger partial charge in [0.25, 0.3) is 5.91 Å². The van der Waals surface area contributed by atoms with Crippen molar-refractivity contribution in [2.45, 2.75) is 13.0 Å². The van der Waals surface area contributed by atoms with Gasteiger partial charge in [-0.15, -0.1) is 0 Å². The second-order valence-corrected chi connectivity index (χ2v) is 7.67. The SMILES string of the molecule is C[C@H](c1ccccc1)N1C(=O)/C(=C\c2ccccc2O)SC1=Nc1ccccc1. The minimum Gasteiger partial charge on any atom is -0.507 e. The topological polar surface area (TPSA) is 52.9 Å². The van der Waals surface area contributed by atoms with Crippen molar-refractivity contribution in [1.29, 1.82) is 0 Å². The number of thioether (sulfide) groups is 1. The molecule has 0 aromatic heterocycles. The fourth-order valence-corrected chi connectivity index (χ4v) is 4.21. The van der Waals surface area contributed by atoms with Crippen molar-refractivity contribution in [3.05, 3.63) is 101 Å². The van der Waals surface area contributed by atoms with Crippen LogP contribution in [0.4, 0.5) is 5.69 Å². The van der Waals surface area contributed by atoms with E-state index in [2.05, 4.69) is 0 Å². The van der Waals surface area contributed by atoms with Crippen LogP contribution in [0.5, 0.6) is 5.75 Å².